The number of hydrogen-bond acceptors (Lipinski definition) is 5. The van der Waals surface area contributed by atoms with Crippen LogP contribution in [0.15, 0.2) is 53.6 Å². The van der Waals surface area contributed by atoms with Crippen LogP contribution in [0.4, 0.5) is 11.4 Å². The Morgan fingerprint density at radius 3 is 2.29 bits per heavy atom. The van der Waals surface area contributed by atoms with Crippen molar-refractivity contribution in [1.29, 1.82) is 0 Å². The van der Waals surface area contributed by atoms with Crippen LogP contribution in [0, 0.1) is 10.1 Å². The van der Waals surface area contributed by atoms with Crippen molar-refractivity contribution in [3.63, 3.8) is 0 Å². The van der Waals surface area contributed by atoms with Gasteiger partial charge in [0.25, 0.3) is 5.69 Å². The Hall–Kier alpha value is -3.09. The van der Waals surface area contributed by atoms with Gasteiger partial charge in [0, 0.05) is 23.4 Å². The lowest BCUT2D eigenvalue weighted by Crippen LogP contribution is -2.15. The smallest absolute Gasteiger partial charge is 0.269 e. The van der Waals surface area contributed by atoms with E-state index in [0.717, 1.165) is 11.3 Å². The van der Waals surface area contributed by atoms with E-state index < -0.39 is 4.92 Å². The summed E-state index contributed by atoms with van der Waals surface area (Å²) in [6, 6.07) is 13.2. The maximum absolute atomic E-state index is 10.6. The minimum Gasteiger partial charge on any atom is -0.497 e. The van der Waals surface area contributed by atoms with E-state index in [1.54, 1.807) is 31.4 Å². The van der Waals surface area contributed by atoms with Crippen molar-refractivity contribution in [3.05, 3.63) is 64.2 Å². The van der Waals surface area contributed by atoms with Crippen molar-refractivity contribution in [1.82, 2.24) is 0 Å². The lowest BCUT2D eigenvalue weighted by Gasteiger charge is -2.09. The van der Waals surface area contributed by atoms with Gasteiger partial charge in [-0.05, 0) is 36.4 Å². The van der Waals surface area contributed by atoms with Crippen LogP contribution in [0.3, 0.4) is 0 Å². The summed E-state index contributed by atoms with van der Waals surface area (Å²) in [4.78, 5) is 10.1. The molecule has 0 fully saturated rings. The second kappa shape index (κ2) is 6.38. The Kier molecular flexibility index (Phi) is 4.35. The fourth-order valence-electron chi connectivity index (χ4n) is 1.73. The van der Waals surface area contributed by atoms with Crippen molar-refractivity contribution >= 4 is 17.2 Å². The SMILES string of the molecule is COc1ccc(/C(=N/N)Nc2ccc([N+](=O)[O-])cc2)cc1. The number of rotatable bonds is 4. The van der Waals surface area contributed by atoms with E-state index in [2.05, 4.69) is 10.4 Å². The molecular weight excluding hydrogens is 272 g/mol. The fraction of sp³-hybridized carbons (Fsp3) is 0.0714. The maximum Gasteiger partial charge on any atom is 0.269 e. The van der Waals surface area contributed by atoms with Crippen LogP contribution in [0.2, 0.25) is 0 Å². The van der Waals surface area contributed by atoms with Gasteiger partial charge in [-0.1, -0.05) is 0 Å². The van der Waals surface area contributed by atoms with Crippen molar-refractivity contribution in [3.8, 4) is 5.75 Å². The number of nitrogens with two attached hydrogens (primary N) is 1. The van der Waals surface area contributed by atoms with Crippen LogP contribution in [0.25, 0.3) is 0 Å². The quantitative estimate of drug-likeness (QED) is 0.295. The van der Waals surface area contributed by atoms with Crippen LogP contribution < -0.4 is 15.9 Å². The molecule has 0 spiro atoms. The van der Waals surface area contributed by atoms with Gasteiger partial charge in [-0.2, -0.15) is 5.10 Å². The number of benzene rings is 2. The second-order valence-corrected chi connectivity index (χ2v) is 4.14. The highest BCUT2D eigenvalue weighted by Gasteiger charge is 2.07. The number of hydrazone groups is 1. The molecule has 0 heterocycles. The summed E-state index contributed by atoms with van der Waals surface area (Å²) in [5, 5.41) is 17.3. The molecule has 7 heteroatoms. The molecule has 2 aromatic carbocycles. The summed E-state index contributed by atoms with van der Waals surface area (Å²) in [5.74, 6) is 6.57. The van der Waals surface area contributed by atoms with E-state index in [4.69, 9.17) is 10.6 Å². The lowest BCUT2D eigenvalue weighted by molar-refractivity contribution is -0.384. The standard InChI is InChI=1S/C14H14N4O3/c1-21-13-8-2-10(3-9-13)14(17-15)16-11-4-6-12(7-5-11)18(19)20/h2-9H,15H2,1H3,(H,16,17). The van der Waals surface area contributed by atoms with E-state index >= 15 is 0 Å². The molecule has 0 amide bonds. The van der Waals surface area contributed by atoms with Crippen molar-refractivity contribution < 1.29 is 9.66 Å². The molecule has 108 valence electrons. The molecule has 3 N–H and O–H groups in total. The van der Waals surface area contributed by atoms with E-state index in [9.17, 15) is 10.1 Å². The molecule has 0 aromatic heterocycles. The first kappa shape index (κ1) is 14.3. The summed E-state index contributed by atoms with van der Waals surface area (Å²) in [6.45, 7) is 0. The van der Waals surface area contributed by atoms with E-state index in [-0.39, 0.29) is 5.69 Å². The van der Waals surface area contributed by atoms with Crippen molar-refractivity contribution in [2.45, 2.75) is 0 Å². The summed E-state index contributed by atoms with van der Waals surface area (Å²) < 4.78 is 5.08. The van der Waals surface area contributed by atoms with Gasteiger partial charge >= 0.3 is 0 Å². The molecule has 0 atom stereocenters. The minimum atomic E-state index is -0.453. The predicted molar refractivity (Wildman–Crippen MR) is 80.4 cm³/mol. The number of nitrogens with one attached hydrogen (secondary N) is 1. The average Bonchev–Trinajstić information content (AvgIpc) is 2.53. The van der Waals surface area contributed by atoms with Gasteiger partial charge in [0.15, 0.2) is 5.84 Å². The highest BCUT2D eigenvalue weighted by atomic mass is 16.6. The Morgan fingerprint density at radius 2 is 1.81 bits per heavy atom. The zero-order valence-electron chi connectivity index (χ0n) is 11.3. The first-order valence-corrected chi connectivity index (χ1v) is 6.08. The second-order valence-electron chi connectivity index (χ2n) is 4.14. The number of anilines is 1. The van der Waals surface area contributed by atoms with Crippen LogP contribution in [0.1, 0.15) is 5.56 Å². The third-order valence-corrected chi connectivity index (χ3v) is 2.83. The zero-order valence-corrected chi connectivity index (χ0v) is 11.3. The summed E-state index contributed by atoms with van der Waals surface area (Å²) >= 11 is 0. The molecule has 7 nitrogen and oxygen atoms in total. The minimum absolute atomic E-state index is 0.0243. The van der Waals surface area contributed by atoms with E-state index in [1.807, 2.05) is 12.1 Å². The topological polar surface area (TPSA) is 103 Å². The maximum atomic E-state index is 10.6. The molecule has 0 saturated carbocycles. The molecule has 0 bridgehead atoms. The fourth-order valence-corrected chi connectivity index (χ4v) is 1.73. The van der Waals surface area contributed by atoms with Gasteiger partial charge in [0.05, 0.1) is 12.0 Å². The third-order valence-electron chi connectivity index (χ3n) is 2.83. The summed E-state index contributed by atoms with van der Waals surface area (Å²) in [7, 11) is 1.59. The van der Waals surface area contributed by atoms with Gasteiger partial charge in [0.2, 0.25) is 0 Å². The number of hydrogen-bond donors (Lipinski definition) is 2. The zero-order chi connectivity index (χ0) is 15.2. The van der Waals surface area contributed by atoms with Crippen LogP contribution >= 0.6 is 0 Å². The van der Waals surface area contributed by atoms with E-state index in [0.29, 0.717) is 11.5 Å². The summed E-state index contributed by atoms with van der Waals surface area (Å²) in [6.07, 6.45) is 0. The monoisotopic (exact) mass is 286 g/mol. The number of amidine groups is 1. The molecule has 0 aliphatic rings. The number of ether oxygens (including phenoxy) is 1. The number of nitrogens with zero attached hydrogens (tertiary/aromatic N) is 2. The molecule has 0 saturated heterocycles. The molecular formula is C14H14N4O3. The Morgan fingerprint density at radius 1 is 1.19 bits per heavy atom. The molecule has 0 unspecified atom stereocenters. The molecule has 0 aliphatic heterocycles. The molecule has 21 heavy (non-hydrogen) atoms. The average molecular weight is 286 g/mol. The highest BCUT2D eigenvalue weighted by Crippen LogP contribution is 2.17. The highest BCUT2D eigenvalue weighted by molar-refractivity contribution is 6.08. The molecule has 0 aliphatic carbocycles. The largest absolute Gasteiger partial charge is 0.497 e. The molecule has 0 radical (unpaired) electrons. The normalized spacial score (nSPS) is 11.0. The number of nitro groups is 1. The number of non-ortho nitro benzene ring substituents is 1. The van der Waals surface area contributed by atoms with Crippen molar-refractivity contribution in [2.75, 3.05) is 12.4 Å². The van der Waals surface area contributed by atoms with Crippen LogP contribution in [-0.4, -0.2) is 17.9 Å². The first-order valence-electron chi connectivity index (χ1n) is 6.08. The number of methoxy groups -OCH3 is 1. The van der Waals surface area contributed by atoms with Crippen LogP contribution in [0.5, 0.6) is 5.75 Å². The van der Waals surface area contributed by atoms with E-state index in [1.165, 1.54) is 12.1 Å². The van der Waals surface area contributed by atoms with Gasteiger partial charge in [-0.25, -0.2) is 0 Å². The lowest BCUT2D eigenvalue weighted by atomic mass is 10.2. The summed E-state index contributed by atoms with van der Waals surface area (Å²) in [5.41, 5.74) is 1.45. The van der Waals surface area contributed by atoms with Gasteiger partial charge < -0.3 is 15.9 Å². The van der Waals surface area contributed by atoms with Gasteiger partial charge in [0.1, 0.15) is 5.75 Å². The molecule has 2 rings (SSSR count). The number of nitro benzene ring substituents is 1. The predicted octanol–water partition coefficient (Wildman–Crippen LogP) is 2.34. The van der Waals surface area contributed by atoms with Crippen molar-refractivity contribution in [2.24, 2.45) is 10.9 Å². The van der Waals surface area contributed by atoms with Gasteiger partial charge in [-0.3, -0.25) is 10.1 Å². The Labute approximate surface area is 121 Å². The Balaban J connectivity index is 2.16. The molecule has 2 aromatic rings. The third kappa shape index (κ3) is 3.47. The van der Waals surface area contributed by atoms with Gasteiger partial charge in [-0.15, -0.1) is 0 Å². The van der Waals surface area contributed by atoms with Crippen LogP contribution in [-0.2, 0) is 0 Å². The Bertz CT molecular complexity index is 651. The first-order chi connectivity index (χ1) is 10.1.